The maximum Gasteiger partial charge on any atom is 0.273 e. The zero-order valence-electron chi connectivity index (χ0n) is 12.3. The van der Waals surface area contributed by atoms with Crippen LogP contribution in [0.3, 0.4) is 0 Å². The second kappa shape index (κ2) is 5.77. The summed E-state index contributed by atoms with van der Waals surface area (Å²) < 4.78 is 33.8. The smallest absolute Gasteiger partial charge is 0.273 e. The van der Waals surface area contributed by atoms with Crippen molar-refractivity contribution in [2.24, 2.45) is 0 Å². The quantitative estimate of drug-likeness (QED) is 0.545. The van der Waals surface area contributed by atoms with Gasteiger partial charge in [-0.05, 0) is 18.2 Å². The van der Waals surface area contributed by atoms with Crippen LogP contribution in [0.2, 0.25) is 0 Å². The molecule has 10 nitrogen and oxygen atoms in total. The Balaban J connectivity index is 2.03. The maximum atomic E-state index is 12.6. The first-order chi connectivity index (χ1) is 11.4. The van der Waals surface area contributed by atoms with Gasteiger partial charge in [0.2, 0.25) is 5.95 Å². The van der Waals surface area contributed by atoms with E-state index in [0.29, 0.717) is 5.65 Å². The number of sulfonamides is 1. The summed E-state index contributed by atoms with van der Waals surface area (Å²) in [4.78, 5) is 9.91. The molecule has 124 valence electrons. The van der Waals surface area contributed by atoms with Crippen LogP contribution in [0, 0.1) is 10.1 Å². The van der Waals surface area contributed by atoms with Crippen molar-refractivity contribution in [3.63, 3.8) is 0 Å². The molecule has 0 aliphatic rings. The fourth-order valence-electron chi connectivity index (χ4n) is 2.08. The molecular formula is C13H11N5O5S. The summed E-state index contributed by atoms with van der Waals surface area (Å²) in [5.41, 5.74) is 0.185. The molecule has 24 heavy (non-hydrogen) atoms. The van der Waals surface area contributed by atoms with Crippen molar-refractivity contribution in [1.82, 2.24) is 14.6 Å². The van der Waals surface area contributed by atoms with Gasteiger partial charge in [-0.1, -0.05) is 6.07 Å². The molecule has 1 aromatic carbocycles. The average molecular weight is 349 g/mol. The largest absolute Gasteiger partial charge is 0.495 e. The van der Waals surface area contributed by atoms with E-state index in [0.717, 1.165) is 18.2 Å². The Labute approximate surface area is 135 Å². The van der Waals surface area contributed by atoms with Gasteiger partial charge in [-0.15, -0.1) is 10.2 Å². The first-order valence-corrected chi connectivity index (χ1v) is 8.06. The van der Waals surface area contributed by atoms with Crippen molar-refractivity contribution < 1.29 is 18.1 Å². The van der Waals surface area contributed by atoms with Gasteiger partial charge in [0.05, 0.1) is 18.1 Å². The van der Waals surface area contributed by atoms with Crippen LogP contribution >= 0.6 is 0 Å². The van der Waals surface area contributed by atoms with E-state index in [9.17, 15) is 18.5 Å². The third-order valence-corrected chi connectivity index (χ3v) is 4.55. The molecule has 0 unspecified atom stereocenters. The van der Waals surface area contributed by atoms with Gasteiger partial charge in [-0.3, -0.25) is 14.5 Å². The van der Waals surface area contributed by atoms with Crippen LogP contribution < -0.4 is 9.46 Å². The number of hydrogen-bond acceptors (Lipinski definition) is 7. The first kappa shape index (κ1) is 15.7. The fraction of sp³-hybridized carbons (Fsp3) is 0.0769. The predicted octanol–water partition coefficient (Wildman–Crippen LogP) is 1.45. The van der Waals surface area contributed by atoms with Gasteiger partial charge in [0.25, 0.3) is 15.7 Å². The van der Waals surface area contributed by atoms with Gasteiger partial charge in [0, 0.05) is 12.3 Å². The summed E-state index contributed by atoms with van der Waals surface area (Å²) in [7, 11) is -2.85. The van der Waals surface area contributed by atoms with Crippen LogP contribution in [-0.4, -0.2) is 35.0 Å². The van der Waals surface area contributed by atoms with Crippen molar-refractivity contribution in [3.05, 3.63) is 52.7 Å². The minimum absolute atomic E-state index is 0.00833. The highest BCUT2D eigenvalue weighted by Gasteiger charge is 2.24. The minimum atomic E-state index is -4.08. The number of nitro groups is 1. The van der Waals surface area contributed by atoms with Crippen LogP contribution in [-0.2, 0) is 10.0 Å². The SMILES string of the molecule is COc1cc([N+](=O)[O-])ccc1S(=O)(=O)Nc1nnc2ccccn12. The average Bonchev–Trinajstić information content (AvgIpc) is 2.96. The molecular weight excluding hydrogens is 338 g/mol. The number of nitrogens with zero attached hydrogens (tertiary/aromatic N) is 4. The van der Waals surface area contributed by atoms with E-state index in [1.807, 2.05) is 0 Å². The highest BCUT2D eigenvalue weighted by atomic mass is 32.2. The van der Waals surface area contributed by atoms with Gasteiger partial charge in [-0.25, -0.2) is 13.1 Å². The molecule has 0 radical (unpaired) electrons. The second-order valence-electron chi connectivity index (χ2n) is 4.65. The summed E-state index contributed by atoms with van der Waals surface area (Å²) >= 11 is 0. The zero-order chi connectivity index (χ0) is 17.3. The Kier molecular flexibility index (Phi) is 3.77. The summed E-state index contributed by atoms with van der Waals surface area (Å²) in [6.45, 7) is 0. The summed E-state index contributed by atoms with van der Waals surface area (Å²) in [5, 5.41) is 18.4. The summed E-state index contributed by atoms with van der Waals surface area (Å²) in [6, 6.07) is 8.32. The number of hydrogen-bond donors (Lipinski definition) is 1. The third-order valence-electron chi connectivity index (χ3n) is 3.19. The number of nitrogens with one attached hydrogen (secondary N) is 1. The summed E-state index contributed by atoms with van der Waals surface area (Å²) in [5.74, 6) is -0.156. The molecule has 1 N–H and O–H groups in total. The van der Waals surface area contributed by atoms with Crippen LogP contribution in [0.1, 0.15) is 0 Å². The molecule has 2 aromatic heterocycles. The maximum absolute atomic E-state index is 12.6. The van der Waals surface area contributed by atoms with Crippen molar-refractivity contribution in [3.8, 4) is 5.75 Å². The molecule has 0 bridgehead atoms. The number of pyridine rings is 1. The van der Waals surface area contributed by atoms with Crippen molar-refractivity contribution in [2.75, 3.05) is 11.8 Å². The van der Waals surface area contributed by atoms with Gasteiger partial charge < -0.3 is 4.74 Å². The Hall–Kier alpha value is -3.21. The van der Waals surface area contributed by atoms with Crippen LogP contribution in [0.4, 0.5) is 11.6 Å². The number of ether oxygens (including phenoxy) is 1. The number of methoxy groups -OCH3 is 1. The Morgan fingerprint density at radius 1 is 1.25 bits per heavy atom. The van der Waals surface area contributed by atoms with Crippen LogP contribution in [0.15, 0.2) is 47.5 Å². The Morgan fingerprint density at radius 3 is 2.75 bits per heavy atom. The van der Waals surface area contributed by atoms with Crippen molar-refractivity contribution >= 4 is 27.3 Å². The number of non-ortho nitro benzene ring substituents is 1. The Bertz CT molecular complexity index is 1030. The van der Waals surface area contributed by atoms with E-state index in [1.54, 1.807) is 24.4 Å². The summed E-state index contributed by atoms with van der Waals surface area (Å²) in [6.07, 6.45) is 1.60. The molecule has 0 aliphatic carbocycles. The molecule has 0 saturated carbocycles. The molecule has 0 amide bonds. The molecule has 0 saturated heterocycles. The molecule has 0 atom stereocenters. The Morgan fingerprint density at radius 2 is 2.04 bits per heavy atom. The zero-order valence-corrected chi connectivity index (χ0v) is 13.1. The molecule has 11 heteroatoms. The highest BCUT2D eigenvalue weighted by molar-refractivity contribution is 7.92. The number of benzene rings is 1. The lowest BCUT2D eigenvalue weighted by atomic mass is 10.3. The van der Waals surface area contributed by atoms with E-state index < -0.39 is 14.9 Å². The topological polar surface area (TPSA) is 129 Å². The standard InChI is InChI=1S/C13H11N5O5S/c1-23-10-8-9(18(19)20)5-6-11(10)24(21,22)16-13-15-14-12-4-2-3-7-17(12)13/h2-8H,1H3,(H,15,16). The molecule has 3 rings (SSSR count). The lowest BCUT2D eigenvalue weighted by molar-refractivity contribution is -0.385. The normalized spacial score (nSPS) is 11.4. The lowest BCUT2D eigenvalue weighted by Crippen LogP contribution is -2.16. The van der Waals surface area contributed by atoms with E-state index in [4.69, 9.17) is 4.74 Å². The predicted molar refractivity (Wildman–Crippen MR) is 83.4 cm³/mol. The minimum Gasteiger partial charge on any atom is -0.495 e. The number of fused-ring (bicyclic) bond motifs is 1. The number of aromatic nitrogens is 3. The van der Waals surface area contributed by atoms with Crippen molar-refractivity contribution in [1.29, 1.82) is 0 Å². The van der Waals surface area contributed by atoms with Gasteiger partial charge in [0.1, 0.15) is 10.6 Å². The fourth-order valence-corrected chi connectivity index (χ4v) is 3.22. The molecule has 0 spiro atoms. The van der Waals surface area contributed by atoms with Crippen LogP contribution in [0.5, 0.6) is 5.75 Å². The van der Waals surface area contributed by atoms with E-state index in [1.165, 1.54) is 11.5 Å². The molecule has 0 fully saturated rings. The number of anilines is 1. The number of rotatable bonds is 5. The molecule has 3 aromatic rings. The van der Waals surface area contributed by atoms with E-state index >= 15 is 0 Å². The second-order valence-corrected chi connectivity index (χ2v) is 6.30. The third kappa shape index (κ3) is 2.72. The van der Waals surface area contributed by atoms with Crippen LogP contribution in [0.25, 0.3) is 5.65 Å². The van der Waals surface area contributed by atoms with E-state index in [2.05, 4.69) is 14.9 Å². The number of nitro benzene ring substituents is 1. The van der Waals surface area contributed by atoms with Crippen molar-refractivity contribution in [2.45, 2.75) is 4.90 Å². The lowest BCUT2D eigenvalue weighted by Gasteiger charge is -2.10. The van der Waals surface area contributed by atoms with Gasteiger partial charge >= 0.3 is 0 Å². The monoisotopic (exact) mass is 349 g/mol. The molecule has 0 aliphatic heterocycles. The highest BCUT2D eigenvalue weighted by Crippen LogP contribution is 2.29. The molecule has 2 heterocycles. The van der Waals surface area contributed by atoms with E-state index in [-0.39, 0.29) is 22.3 Å². The van der Waals surface area contributed by atoms with Gasteiger partial charge in [-0.2, -0.15) is 0 Å². The first-order valence-electron chi connectivity index (χ1n) is 6.57. The van der Waals surface area contributed by atoms with Gasteiger partial charge in [0.15, 0.2) is 5.65 Å².